The van der Waals surface area contributed by atoms with Crippen LogP contribution in [0.15, 0.2) is 54.9 Å². The van der Waals surface area contributed by atoms with Gasteiger partial charge in [0.1, 0.15) is 12.6 Å². The molecule has 8 heteroatoms. The monoisotopic (exact) mass is 436 g/mol. The maximum absolute atomic E-state index is 13.0. The van der Waals surface area contributed by atoms with Gasteiger partial charge in [0.25, 0.3) is 5.91 Å². The Kier molecular flexibility index (Phi) is 6.32. The highest BCUT2D eigenvalue weighted by atomic mass is 16.5. The highest BCUT2D eigenvalue weighted by Gasteiger charge is 2.40. The van der Waals surface area contributed by atoms with E-state index < -0.39 is 0 Å². The zero-order chi connectivity index (χ0) is 22.7. The van der Waals surface area contributed by atoms with Gasteiger partial charge in [-0.2, -0.15) is 0 Å². The van der Waals surface area contributed by atoms with E-state index in [1.807, 2.05) is 47.5 Å². The number of rotatable bonds is 7. The van der Waals surface area contributed by atoms with E-state index in [4.69, 9.17) is 9.47 Å². The minimum atomic E-state index is -0.380. The molecule has 8 nitrogen and oxygen atoms in total. The Morgan fingerprint density at radius 2 is 1.84 bits per heavy atom. The molecular formula is C24H28N4O4. The van der Waals surface area contributed by atoms with E-state index in [1.165, 1.54) is 10.5 Å². The normalized spacial score (nSPS) is 19.7. The van der Waals surface area contributed by atoms with Gasteiger partial charge in [-0.3, -0.25) is 9.59 Å². The predicted octanol–water partition coefficient (Wildman–Crippen LogP) is 2.84. The van der Waals surface area contributed by atoms with Crippen molar-refractivity contribution in [3.63, 3.8) is 0 Å². The van der Waals surface area contributed by atoms with Gasteiger partial charge >= 0.3 is 0 Å². The van der Waals surface area contributed by atoms with Crippen LogP contribution in [-0.2, 0) is 16.0 Å². The fourth-order valence-corrected chi connectivity index (χ4v) is 4.03. The van der Waals surface area contributed by atoms with Gasteiger partial charge in [0.05, 0.1) is 20.3 Å². The number of carbonyl (C=O) groups excluding carboxylic acids is 2. The molecule has 2 aliphatic rings. The summed E-state index contributed by atoms with van der Waals surface area (Å²) in [6, 6.07) is 13.0. The molecule has 0 saturated carbocycles. The maximum Gasteiger partial charge on any atom is 0.251 e. The fourth-order valence-electron chi connectivity index (χ4n) is 4.03. The van der Waals surface area contributed by atoms with Crippen molar-refractivity contribution in [2.75, 3.05) is 26.1 Å². The molecule has 32 heavy (non-hydrogen) atoms. The minimum absolute atomic E-state index is 0.0315. The summed E-state index contributed by atoms with van der Waals surface area (Å²) >= 11 is 0. The van der Waals surface area contributed by atoms with Crippen molar-refractivity contribution < 1.29 is 19.1 Å². The molecule has 1 saturated heterocycles. The number of nitrogens with zero attached hydrogens (tertiary/aromatic N) is 2. The van der Waals surface area contributed by atoms with Crippen LogP contribution < -0.4 is 20.2 Å². The summed E-state index contributed by atoms with van der Waals surface area (Å²) in [6.45, 7) is 2.05. The van der Waals surface area contributed by atoms with Crippen molar-refractivity contribution in [1.29, 1.82) is 0 Å². The average Bonchev–Trinajstić information content (AvgIpc) is 3.26. The average molecular weight is 437 g/mol. The number of methoxy groups -OCH3 is 2. The van der Waals surface area contributed by atoms with Gasteiger partial charge in [0.2, 0.25) is 5.91 Å². The van der Waals surface area contributed by atoms with Crippen molar-refractivity contribution in [1.82, 2.24) is 15.3 Å². The lowest BCUT2D eigenvalue weighted by Crippen LogP contribution is -2.49. The van der Waals surface area contributed by atoms with Gasteiger partial charge in [-0.25, -0.2) is 5.43 Å². The summed E-state index contributed by atoms with van der Waals surface area (Å²) in [4.78, 5) is 27.0. The minimum Gasteiger partial charge on any atom is -0.493 e. The number of carbonyl (C=O) groups is 2. The number of hydrogen-bond acceptors (Lipinski definition) is 6. The van der Waals surface area contributed by atoms with Gasteiger partial charge in [0.15, 0.2) is 11.5 Å². The summed E-state index contributed by atoms with van der Waals surface area (Å²) < 4.78 is 10.7. The molecule has 2 N–H and O–H groups in total. The second-order valence-corrected chi connectivity index (χ2v) is 7.82. The Balaban J connectivity index is 1.39. The smallest absolute Gasteiger partial charge is 0.251 e. The van der Waals surface area contributed by atoms with Crippen LogP contribution in [0, 0.1) is 0 Å². The van der Waals surface area contributed by atoms with Crippen LogP contribution in [0.1, 0.15) is 30.5 Å². The highest BCUT2D eigenvalue weighted by molar-refractivity contribution is 5.96. The van der Waals surface area contributed by atoms with Gasteiger partial charge in [0, 0.05) is 18.1 Å². The maximum atomic E-state index is 13.0. The third-order valence-electron chi connectivity index (χ3n) is 5.84. The lowest BCUT2D eigenvalue weighted by molar-refractivity contribution is -0.137. The third-order valence-corrected chi connectivity index (χ3v) is 5.84. The highest BCUT2D eigenvalue weighted by Crippen LogP contribution is 2.35. The van der Waals surface area contributed by atoms with E-state index in [2.05, 4.69) is 17.7 Å². The summed E-state index contributed by atoms with van der Waals surface area (Å²) in [6.07, 6.45) is 4.96. The zero-order valence-electron chi connectivity index (χ0n) is 18.5. The number of fused-ring (bicyclic) bond motifs is 1. The molecule has 4 rings (SSSR count). The first-order valence-corrected chi connectivity index (χ1v) is 10.7. The number of aryl methyl sites for hydroxylation is 1. The molecule has 2 aromatic rings. The molecule has 2 aliphatic heterocycles. The fraction of sp³-hybridized carbons (Fsp3) is 0.333. The first kappa shape index (κ1) is 21.7. The summed E-state index contributed by atoms with van der Waals surface area (Å²) in [5.41, 5.74) is 6.28. The topological polar surface area (TPSA) is 83.1 Å². The molecule has 2 atom stereocenters. The number of hydrazine groups is 1. The van der Waals surface area contributed by atoms with Crippen LogP contribution in [0.3, 0.4) is 0 Å². The second-order valence-electron chi connectivity index (χ2n) is 7.82. The lowest BCUT2D eigenvalue weighted by Gasteiger charge is -2.31. The predicted molar refractivity (Wildman–Crippen MR) is 121 cm³/mol. The first-order valence-electron chi connectivity index (χ1n) is 10.7. The molecule has 168 valence electrons. The summed E-state index contributed by atoms with van der Waals surface area (Å²) in [7, 11) is 3.19. The van der Waals surface area contributed by atoms with Crippen LogP contribution in [0.5, 0.6) is 11.5 Å². The lowest BCUT2D eigenvalue weighted by atomic mass is 10.0. The number of nitrogens with one attached hydrogen (secondary N) is 2. The van der Waals surface area contributed by atoms with Crippen molar-refractivity contribution in [3.8, 4) is 11.5 Å². The Morgan fingerprint density at radius 1 is 1.09 bits per heavy atom. The Bertz CT molecular complexity index is 1020. The van der Waals surface area contributed by atoms with E-state index in [9.17, 15) is 9.59 Å². The number of hydrogen-bond donors (Lipinski definition) is 2. The van der Waals surface area contributed by atoms with Crippen LogP contribution in [0.4, 0.5) is 5.69 Å². The largest absolute Gasteiger partial charge is 0.493 e. The van der Waals surface area contributed by atoms with Crippen LogP contribution in [0.25, 0.3) is 0 Å². The molecule has 0 spiro atoms. The zero-order valence-corrected chi connectivity index (χ0v) is 18.5. The van der Waals surface area contributed by atoms with Gasteiger partial charge < -0.3 is 24.7 Å². The molecule has 2 unspecified atom stereocenters. The van der Waals surface area contributed by atoms with E-state index in [0.29, 0.717) is 17.9 Å². The Labute approximate surface area is 187 Å². The standard InChI is InChI=1S/C24H28N4O4/c1-4-16-5-8-18(9-6-16)25-23(29)15-27-11-12-28-20(24(27)30)14-19(26-28)17-7-10-21(31-2)22(13-17)32-3/h5-13,19-20,26H,4,14-15H2,1-3H3,(H,25,29). The number of ether oxygens (including phenoxy) is 2. The number of anilines is 1. The second kappa shape index (κ2) is 9.32. The van der Waals surface area contributed by atoms with E-state index in [-0.39, 0.29) is 30.4 Å². The quantitative estimate of drug-likeness (QED) is 0.695. The summed E-state index contributed by atoms with van der Waals surface area (Å²) in [5.74, 6) is 0.954. The third kappa shape index (κ3) is 4.40. The SMILES string of the molecule is CCc1ccc(NC(=O)CN2C=CN3NC(c4ccc(OC)c(OC)c4)CC3C2=O)cc1. The summed E-state index contributed by atoms with van der Waals surface area (Å²) in [5, 5.41) is 4.66. The molecule has 0 radical (unpaired) electrons. The van der Waals surface area contributed by atoms with Crippen molar-refractivity contribution in [3.05, 3.63) is 66.0 Å². The van der Waals surface area contributed by atoms with Gasteiger partial charge in [-0.15, -0.1) is 0 Å². The van der Waals surface area contributed by atoms with Crippen molar-refractivity contribution in [2.24, 2.45) is 0 Å². The van der Waals surface area contributed by atoms with Crippen molar-refractivity contribution >= 4 is 17.5 Å². The van der Waals surface area contributed by atoms with Crippen LogP contribution >= 0.6 is 0 Å². The Hall–Kier alpha value is -3.52. The number of benzene rings is 2. The molecule has 1 fully saturated rings. The molecule has 0 aromatic heterocycles. The number of amides is 2. The van der Waals surface area contributed by atoms with E-state index in [1.54, 1.807) is 26.6 Å². The molecule has 0 bridgehead atoms. The van der Waals surface area contributed by atoms with E-state index >= 15 is 0 Å². The van der Waals surface area contributed by atoms with Crippen LogP contribution in [-0.4, -0.2) is 48.5 Å². The van der Waals surface area contributed by atoms with Gasteiger partial charge in [-0.1, -0.05) is 25.1 Å². The molecule has 2 aromatic carbocycles. The molecular weight excluding hydrogens is 408 g/mol. The van der Waals surface area contributed by atoms with E-state index in [0.717, 1.165) is 17.7 Å². The van der Waals surface area contributed by atoms with Crippen molar-refractivity contribution in [2.45, 2.75) is 31.8 Å². The first-order chi connectivity index (χ1) is 15.5. The molecule has 2 amide bonds. The molecule has 0 aliphatic carbocycles. The van der Waals surface area contributed by atoms with Gasteiger partial charge in [-0.05, 0) is 48.2 Å². The van der Waals surface area contributed by atoms with Crippen LogP contribution in [0.2, 0.25) is 0 Å². The Morgan fingerprint density at radius 3 is 2.53 bits per heavy atom. The molecule has 2 heterocycles.